The molecular weight excluding hydrogens is 238 g/mol. The Morgan fingerprint density at radius 2 is 1.95 bits per heavy atom. The van der Waals surface area contributed by atoms with Gasteiger partial charge in [0.25, 0.3) is 0 Å². The van der Waals surface area contributed by atoms with E-state index in [9.17, 15) is 5.11 Å². The zero-order chi connectivity index (χ0) is 14.3. The fourth-order valence-electron chi connectivity index (χ4n) is 1.61. The van der Waals surface area contributed by atoms with Crippen molar-refractivity contribution in [1.82, 2.24) is 5.32 Å². The van der Waals surface area contributed by atoms with Gasteiger partial charge in [-0.15, -0.1) is 0 Å². The predicted molar refractivity (Wildman–Crippen MR) is 77.9 cm³/mol. The van der Waals surface area contributed by atoms with Gasteiger partial charge in [0.05, 0.1) is 19.1 Å². The van der Waals surface area contributed by atoms with Gasteiger partial charge < -0.3 is 15.3 Å². The molecule has 1 rings (SSSR count). The first-order valence-electron chi connectivity index (χ1n) is 6.51. The van der Waals surface area contributed by atoms with Crippen molar-refractivity contribution in [2.75, 3.05) is 25.1 Å². The minimum Gasteiger partial charge on any atom is -0.394 e. The van der Waals surface area contributed by atoms with Gasteiger partial charge in [0, 0.05) is 31.4 Å². The molecule has 0 radical (unpaired) electrons. The molecule has 0 bridgehead atoms. The number of hydrogen-bond donors (Lipinski definition) is 2. The number of nitrogens with zero attached hydrogens (tertiary/aromatic N) is 2. The van der Waals surface area contributed by atoms with Gasteiger partial charge in [0.1, 0.15) is 0 Å². The van der Waals surface area contributed by atoms with Gasteiger partial charge in [0.2, 0.25) is 0 Å². The maximum atomic E-state index is 9.18. The fourth-order valence-corrected chi connectivity index (χ4v) is 1.61. The molecule has 0 heterocycles. The number of aliphatic hydroxyl groups excluding tert-OH is 1. The van der Waals surface area contributed by atoms with Crippen molar-refractivity contribution in [3.8, 4) is 6.07 Å². The van der Waals surface area contributed by atoms with Crippen LogP contribution in [-0.4, -0.2) is 30.8 Å². The molecule has 0 spiro atoms. The third-order valence-electron chi connectivity index (χ3n) is 3.10. The van der Waals surface area contributed by atoms with E-state index in [0.29, 0.717) is 6.42 Å². The summed E-state index contributed by atoms with van der Waals surface area (Å²) in [6.45, 7) is 5.53. The van der Waals surface area contributed by atoms with Gasteiger partial charge in [-0.1, -0.05) is 12.1 Å². The average molecular weight is 261 g/mol. The Morgan fingerprint density at radius 3 is 2.47 bits per heavy atom. The van der Waals surface area contributed by atoms with Gasteiger partial charge in [-0.25, -0.2) is 0 Å². The maximum absolute atomic E-state index is 9.18. The summed E-state index contributed by atoms with van der Waals surface area (Å²) in [6.07, 6.45) is 0.532. The minimum atomic E-state index is -0.262. The van der Waals surface area contributed by atoms with E-state index in [1.54, 1.807) is 0 Å². The molecule has 0 unspecified atom stereocenters. The van der Waals surface area contributed by atoms with Gasteiger partial charge in [0.15, 0.2) is 0 Å². The van der Waals surface area contributed by atoms with Crippen LogP contribution in [0.15, 0.2) is 24.3 Å². The molecule has 0 aliphatic carbocycles. The fraction of sp³-hybridized carbons (Fsp3) is 0.533. The average Bonchev–Trinajstić information content (AvgIpc) is 2.43. The van der Waals surface area contributed by atoms with E-state index in [1.165, 1.54) is 5.56 Å². The predicted octanol–water partition coefficient (Wildman–Crippen LogP) is 1.90. The molecule has 2 N–H and O–H groups in total. The number of hydrogen-bond acceptors (Lipinski definition) is 4. The SMILES string of the molecule is CN(CCC#N)c1ccc(CNC(C)(C)CO)cc1. The first-order chi connectivity index (χ1) is 8.98. The van der Waals surface area contributed by atoms with Crippen molar-refractivity contribution in [3.05, 3.63) is 29.8 Å². The van der Waals surface area contributed by atoms with E-state index in [4.69, 9.17) is 5.26 Å². The Morgan fingerprint density at radius 1 is 1.32 bits per heavy atom. The molecule has 4 heteroatoms. The topological polar surface area (TPSA) is 59.3 Å². The zero-order valence-electron chi connectivity index (χ0n) is 12.0. The molecule has 0 saturated heterocycles. The van der Waals surface area contributed by atoms with Crippen LogP contribution >= 0.6 is 0 Å². The lowest BCUT2D eigenvalue weighted by molar-refractivity contribution is 0.187. The van der Waals surface area contributed by atoms with Crippen molar-refractivity contribution in [3.63, 3.8) is 0 Å². The van der Waals surface area contributed by atoms with Crippen molar-refractivity contribution in [1.29, 1.82) is 5.26 Å². The number of aliphatic hydroxyl groups is 1. The smallest absolute Gasteiger partial charge is 0.0640 e. The monoisotopic (exact) mass is 261 g/mol. The minimum absolute atomic E-state index is 0.113. The third-order valence-corrected chi connectivity index (χ3v) is 3.10. The van der Waals surface area contributed by atoms with Gasteiger partial charge in [-0.05, 0) is 31.5 Å². The summed E-state index contributed by atoms with van der Waals surface area (Å²) in [6, 6.07) is 10.4. The van der Waals surface area contributed by atoms with Crippen LogP contribution in [0.4, 0.5) is 5.69 Å². The molecule has 0 aliphatic rings. The summed E-state index contributed by atoms with van der Waals surface area (Å²) in [5.74, 6) is 0. The van der Waals surface area contributed by atoms with E-state index in [2.05, 4.69) is 40.6 Å². The molecule has 104 valence electrons. The quantitative estimate of drug-likeness (QED) is 0.787. The Labute approximate surface area is 115 Å². The van der Waals surface area contributed by atoms with E-state index in [-0.39, 0.29) is 12.1 Å². The molecule has 0 aliphatic heterocycles. The van der Waals surface area contributed by atoms with E-state index >= 15 is 0 Å². The highest BCUT2D eigenvalue weighted by molar-refractivity contribution is 5.46. The third kappa shape index (κ3) is 5.29. The summed E-state index contributed by atoms with van der Waals surface area (Å²) in [5.41, 5.74) is 2.03. The van der Waals surface area contributed by atoms with Crippen LogP contribution in [0.3, 0.4) is 0 Å². The summed E-state index contributed by atoms with van der Waals surface area (Å²) < 4.78 is 0. The van der Waals surface area contributed by atoms with E-state index < -0.39 is 0 Å². The van der Waals surface area contributed by atoms with Crippen LogP contribution in [-0.2, 0) is 6.54 Å². The highest BCUT2D eigenvalue weighted by atomic mass is 16.3. The molecule has 0 saturated carbocycles. The molecule has 1 aromatic carbocycles. The van der Waals surface area contributed by atoms with Crippen molar-refractivity contribution >= 4 is 5.69 Å². The van der Waals surface area contributed by atoms with Crippen LogP contribution in [0.5, 0.6) is 0 Å². The highest BCUT2D eigenvalue weighted by Gasteiger charge is 2.14. The lowest BCUT2D eigenvalue weighted by atomic mass is 10.1. The number of nitriles is 1. The van der Waals surface area contributed by atoms with Crippen LogP contribution in [0.1, 0.15) is 25.8 Å². The summed E-state index contributed by atoms with van der Waals surface area (Å²) in [7, 11) is 1.99. The summed E-state index contributed by atoms with van der Waals surface area (Å²) >= 11 is 0. The number of anilines is 1. The van der Waals surface area contributed by atoms with Crippen LogP contribution in [0.25, 0.3) is 0 Å². The largest absolute Gasteiger partial charge is 0.394 e. The second kappa shape index (κ2) is 7.13. The first kappa shape index (κ1) is 15.5. The number of nitrogens with one attached hydrogen (secondary N) is 1. The highest BCUT2D eigenvalue weighted by Crippen LogP contribution is 2.14. The van der Waals surface area contributed by atoms with Gasteiger partial charge in [-0.3, -0.25) is 0 Å². The Balaban J connectivity index is 2.54. The number of rotatable bonds is 7. The lowest BCUT2D eigenvalue weighted by Gasteiger charge is -2.24. The normalized spacial score (nSPS) is 11.1. The standard InChI is InChI=1S/C15H23N3O/c1-15(2,12-19)17-11-13-5-7-14(8-6-13)18(3)10-4-9-16/h5-8,17,19H,4,10-12H2,1-3H3. The molecule has 19 heavy (non-hydrogen) atoms. The summed E-state index contributed by atoms with van der Waals surface area (Å²) in [4.78, 5) is 2.07. The molecule has 1 aromatic rings. The first-order valence-corrected chi connectivity index (χ1v) is 6.51. The lowest BCUT2D eigenvalue weighted by Crippen LogP contribution is -2.42. The maximum Gasteiger partial charge on any atom is 0.0640 e. The Kier molecular flexibility index (Phi) is 5.81. The van der Waals surface area contributed by atoms with E-state index in [0.717, 1.165) is 18.8 Å². The number of benzene rings is 1. The van der Waals surface area contributed by atoms with Crippen molar-refractivity contribution in [2.45, 2.75) is 32.4 Å². The molecular formula is C15H23N3O. The second-order valence-electron chi connectivity index (χ2n) is 5.39. The second-order valence-corrected chi connectivity index (χ2v) is 5.39. The van der Waals surface area contributed by atoms with Gasteiger partial charge >= 0.3 is 0 Å². The van der Waals surface area contributed by atoms with Crippen LogP contribution in [0.2, 0.25) is 0 Å². The molecule has 0 atom stereocenters. The van der Waals surface area contributed by atoms with Crippen molar-refractivity contribution in [2.24, 2.45) is 0 Å². The Hall–Kier alpha value is -1.57. The van der Waals surface area contributed by atoms with E-state index in [1.807, 2.05) is 20.9 Å². The van der Waals surface area contributed by atoms with Crippen LogP contribution in [0, 0.1) is 11.3 Å². The molecule has 0 fully saturated rings. The van der Waals surface area contributed by atoms with Crippen LogP contribution < -0.4 is 10.2 Å². The zero-order valence-corrected chi connectivity index (χ0v) is 12.0. The molecule has 0 amide bonds. The molecule has 0 aromatic heterocycles. The van der Waals surface area contributed by atoms with Crippen molar-refractivity contribution < 1.29 is 5.11 Å². The van der Waals surface area contributed by atoms with Gasteiger partial charge in [-0.2, -0.15) is 5.26 Å². The summed E-state index contributed by atoms with van der Waals surface area (Å²) in [5, 5.41) is 21.0. The molecule has 4 nitrogen and oxygen atoms in total. The Bertz CT molecular complexity index is 420.